The van der Waals surface area contributed by atoms with E-state index in [2.05, 4.69) is 0 Å². The average molecular weight is 270 g/mol. The Kier molecular flexibility index (Phi) is 2.50. The van der Waals surface area contributed by atoms with Crippen molar-refractivity contribution < 1.29 is 14.7 Å². The van der Waals surface area contributed by atoms with Crippen molar-refractivity contribution in [1.29, 1.82) is 0 Å². The average Bonchev–Trinajstić information content (AvgIpc) is 2.41. The number of hydrogen-bond acceptors (Lipinski definition) is 3. The molecule has 104 valence electrons. The number of Topliss-reactive ketones (excluding diaryl/α,β-unsaturated/α-hetero) is 2. The maximum absolute atomic E-state index is 12.4. The van der Waals surface area contributed by atoms with Gasteiger partial charge in [-0.1, -0.05) is 31.2 Å². The molecule has 1 atom stereocenters. The van der Waals surface area contributed by atoms with Crippen LogP contribution in [0, 0.1) is 5.41 Å². The van der Waals surface area contributed by atoms with Gasteiger partial charge in [0.15, 0.2) is 5.76 Å². The number of aliphatic hydroxyl groups excluding tert-OH is 1. The van der Waals surface area contributed by atoms with Gasteiger partial charge in [-0.15, -0.1) is 0 Å². The second-order valence-corrected chi connectivity index (χ2v) is 6.48. The SMILES string of the molecule is CC1(C)C(=O)CCC2(C)C1=C(O)C(=O)c1ccccc12. The first-order valence-corrected chi connectivity index (χ1v) is 6.92. The standard InChI is InChI=1S/C17H18O3/c1-16(2)12(18)8-9-17(3)11-7-5-4-6-10(11)13(19)14(20)15(16)17/h4-7,20H,8-9H2,1-3H3. The summed E-state index contributed by atoms with van der Waals surface area (Å²) in [7, 11) is 0. The van der Waals surface area contributed by atoms with E-state index in [-0.39, 0.29) is 17.3 Å². The van der Waals surface area contributed by atoms with Crippen molar-refractivity contribution >= 4 is 11.6 Å². The van der Waals surface area contributed by atoms with Gasteiger partial charge in [-0.25, -0.2) is 0 Å². The molecule has 3 nitrogen and oxygen atoms in total. The zero-order chi connectivity index (χ0) is 14.7. The lowest BCUT2D eigenvalue weighted by Crippen LogP contribution is -2.47. The fourth-order valence-corrected chi connectivity index (χ4v) is 3.86. The number of fused-ring (bicyclic) bond motifs is 3. The summed E-state index contributed by atoms with van der Waals surface area (Å²) in [6, 6.07) is 7.39. The lowest BCUT2D eigenvalue weighted by Gasteiger charge is -2.47. The minimum absolute atomic E-state index is 0.0868. The number of carbonyl (C=O) groups excluding carboxylic acids is 2. The predicted octanol–water partition coefficient (Wildman–Crippen LogP) is 3.34. The van der Waals surface area contributed by atoms with Crippen molar-refractivity contribution in [3.8, 4) is 0 Å². The third-order valence-electron chi connectivity index (χ3n) is 4.94. The Labute approximate surface area is 118 Å². The highest BCUT2D eigenvalue weighted by Gasteiger charge is 2.53. The Morgan fingerprint density at radius 1 is 1.10 bits per heavy atom. The fraction of sp³-hybridized carbons (Fsp3) is 0.412. The van der Waals surface area contributed by atoms with E-state index in [0.717, 1.165) is 5.56 Å². The van der Waals surface area contributed by atoms with Crippen molar-refractivity contribution in [2.45, 2.75) is 39.0 Å². The van der Waals surface area contributed by atoms with Crippen molar-refractivity contribution in [2.24, 2.45) is 5.41 Å². The Morgan fingerprint density at radius 2 is 1.75 bits per heavy atom. The smallest absolute Gasteiger partial charge is 0.227 e. The Balaban J connectivity index is 2.36. The molecule has 1 saturated carbocycles. The van der Waals surface area contributed by atoms with Gasteiger partial charge in [-0.2, -0.15) is 0 Å². The van der Waals surface area contributed by atoms with E-state index in [4.69, 9.17) is 0 Å². The van der Waals surface area contributed by atoms with Gasteiger partial charge in [0.2, 0.25) is 5.78 Å². The molecule has 20 heavy (non-hydrogen) atoms. The van der Waals surface area contributed by atoms with Crippen LogP contribution in [0.15, 0.2) is 35.6 Å². The van der Waals surface area contributed by atoms with Crippen LogP contribution in [0.5, 0.6) is 0 Å². The highest BCUT2D eigenvalue weighted by atomic mass is 16.3. The maximum atomic E-state index is 12.4. The molecule has 3 rings (SSSR count). The van der Waals surface area contributed by atoms with E-state index >= 15 is 0 Å². The monoisotopic (exact) mass is 270 g/mol. The molecule has 1 aromatic rings. The van der Waals surface area contributed by atoms with Gasteiger partial charge in [0.1, 0.15) is 5.78 Å². The summed E-state index contributed by atoms with van der Waals surface area (Å²) in [5, 5.41) is 10.4. The molecule has 1 aromatic carbocycles. The summed E-state index contributed by atoms with van der Waals surface area (Å²) >= 11 is 0. The summed E-state index contributed by atoms with van der Waals surface area (Å²) in [5.41, 5.74) is 0.844. The summed E-state index contributed by atoms with van der Waals surface area (Å²) in [4.78, 5) is 24.6. The molecular weight excluding hydrogens is 252 g/mol. The molecule has 0 spiro atoms. The number of hydrogen-bond donors (Lipinski definition) is 1. The van der Waals surface area contributed by atoms with E-state index in [9.17, 15) is 14.7 Å². The second-order valence-electron chi connectivity index (χ2n) is 6.48. The van der Waals surface area contributed by atoms with Crippen molar-refractivity contribution in [2.75, 3.05) is 0 Å². The normalized spacial score (nSPS) is 28.1. The lowest BCUT2D eigenvalue weighted by atomic mass is 9.54. The van der Waals surface area contributed by atoms with Crippen LogP contribution >= 0.6 is 0 Å². The molecule has 1 unspecified atom stereocenters. The van der Waals surface area contributed by atoms with E-state index < -0.39 is 10.8 Å². The highest BCUT2D eigenvalue weighted by molar-refractivity contribution is 6.12. The van der Waals surface area contributed by atoms with E-state index in [1.165, 1.54) is 0 Å². The molecule has 1 N–H and O–H groups in total. The Hall–Kier alpha value is -1.90. The zero-order valence-corrected chi connectivity index (χ0v) is 12.0. The second kappa shape index (κ2) is 3.81. The van der Waals surface area contributed by atoms with Gasteiger partial charge in [0.05, 0.1) is 0 Å². The number of ketones is 2. The Morgan fingerprint density at radius 3 is 2.45 bits per heavy atom. The molecule has 0 amide bonds. The molecule has 2 aliphatic rings. The van der Waals surface area contributed by atoms with E-state index in [0.29, 0.717) is 24.0 Å². The minimum atomic E-state index is -0.791. The highest BCUT2D eigenvalue weighted by Crippen LogP contribution is 2.54. The summed E-state index contributed by atoms with van der Waals surface area (Å²) in [5.74, 6) is -0.510. The van der Waals surface area contributed by atoms with Crippen LogP contribution in [0.4, 0.5) is 0 Å². The van der Waals surface area contributed by atoms with Crippen molar-refractivity contribution in [3.05, 3.63) is 46.7 Å². The Bertz CT molecular complexity index is 667. The quantitative estimate of drug-likeness (QED) is 0.786. The molecule has 2 aliphatic carbocycles. The van der Waals surface area contributed by atoms with E-state index in [1.54, 1.807) is 26.0 Å². The topological polar surface area (TPSA) is 54.4 Å². The van der Waals surface area contributed by atoms with Crippen LogP contribution in [-0.4, -0.2) is 16.7 Å². The number of aliphatic hydroxyl groups is 1. The summed E-state index contributed by atoms with van der Waals surface area (Å²) < 4.78 is 0. The van der Waals surface area contributed by atoms with Crippen LogP contribution in [0.3, 0.4) is 0 Å². The first-order valence-electron chi connectivity index (χ1n) is 6.92. The first kappa shape index (κ1) is 13.1. The van der Waals surface area contributed by atoms with Crippen molar-refractivity contribution in [3.63, 3.8) is 0 Å². The molecule has 0 bridgehead atoms. The minimum Gasteiger partial charge on any atom is -0.504 e. The third kappa shape index (κ3) is 1.41. The number of carbonyl (C=O) groups is 2. The van der Waals surface area contributed by atoms with Gasteiger partial charge >= 0.3 is 0 Å². The fourth-order valence-electron chi connectivity index (χ4n) is 3.86. The third-order valence-corrected chi connectivity index (χ3v) is 4.94. The molecular formula is C17H18O3. The van der Waals surface area contributed by atoms with Crippen molar-refractivity contribution in [1.82, 2.24) is 0 Å². The molecule has 3 heteroatoms. The van der Waals surface area contributed by atoms with Crippen LogP contribution < -0.4 is 0 Å². The van der Waals surface area contributed by atoms with E-state index in [1.807, 2.05) is 19.1 Å². The predicted molar refractivity (Wildman–Crippen MR) is 75.8 cm³/mol. The number of benzene rings is 1. The van der Waals surface area contributed by atoms with Gasteiger partial charge in [-0.05, 0) is 31.4 Å². The van der Waals surface area contributed by atoms with Crippen LogP contribution in [0.25, 0.3) is 0 Å². The van der Waals surface area contributed by atoms with Crippen LogP contribution in [0.2, 0.25) is 0 Å². The molecule has 0 saturated heterocycles. The summed E-state index contributed by atoms with van der Waals surface area (Å²) in [6.45, 7) is 5.64. The van der Waals surface area contributed by atoms with Gasteiger partial charge in [-0.3, -0.25) is 9.59 Å². The van der Waals surface area contributed by atoms with Gasteiger partial charge in [0.25, 0.3) is 0 Å². The lowest BCUT2D eigenvalue weighted by molar-refractivity contribution is -0.127. The molecule has 0 radical (unpaired) electrons. The molecule has 0 heterocycles. The summed E-state index contributed by atoms with van der Waals surface area (Å²) in [6.07, 6.45) is 1.11. The zero-order valence-electron chi connectivity index (χ0n) is 12.0. The largest absolute Gasteiger partial charge is 0.504 e. The first-order chi connectivity index (χ1) is 9.30. The number of rotatable bonds is 0. The molecule has 0 aromatic heterocycles. The molecule has 0 aliphatic heterocycles. The van der Waals surface area contributed by atoms with Gasteiger partial charge in [0, 0.05) is 22.8 Å². The molecule has 1 fully saturated rings. The maximum Gasteiger partial charge on any atom is 0.227 e. The van der Waals surface area contributed by atoms with Gasteiger partial charge < -0.3 is 5.11 Å². The van der Waals surface area contributed by atoms with Crippen LogP contribution in [-0.2, 0) is 10.2 Å². The number of allylic oxidation sites excluding steroid dienone is 2. The van der Waals surface area contributed by atoms with Crippen LogP contribution in [0.1, 0.15) is 49.5 Å².